The molecule has 0 fully saturated rings. The van der Waals surface area contributed by atoms with Crippen molar-refractivity contribution < 1.29 is 13.9 Å². The SMILES string of the molecule is COc1ccc(-c2csc3nc(Cc4ccccc4)oc(=O)c23)cc1OC. The van der Waals surface area contributed by atoms with Crippen molar-refractivity contribution >= 4 is 21.6 Å². The zero-order valence-corrected chi connectivity index (χ0v) is 15.7. The van der Waals surface area contributed by atoms with E-state index >= 15 is 0 Å². The lowest BCUT2D eigenvalue weighted by atomic mass is 10.1. The van der Waals surface area contributed by atoms with E-state index in [1.54, 1.807) is 14.2 Å². The minimum Gasteiger partial charge on any atom is -0.493 e. The fraction of sp³-hybridized carbons (Fsp3) is 0.143. The molecule has 4 rings (SSSR count). The van der Waals surface area contributed by atoms with Crippen molar-refractivity contribution in [3.63, 3.8) is 0 Å². The molecular formula is C21H17NO4S. The van der Waals surface area contributed by atoms with Crippen LogP contribution in [-0.2, 0) is 6.42 Å². The molecule has 6 heteroatoms. The second kappa shape index (κ2) is 7.25. The Labute approximate surface area is 159 Å². The van der Waals surface area contributed by atoms with Gasteiger partial charge < -0.3 is 13.9 Å². The Morgan fingerprint density at radius 3 is 2.56 bits per heavy atom. The average molecular weight is 379 g/mol. The Morgan fingerprint density at radius 2 is 1.81 bits per heavy atom. The van der Waals surface area contributed by atoms with Gasteiger partial charge in [0.2, 0.25) is 5.89 Å². The fourth-order valence-corrected chi connectivity index (χ4v) is 3.93. The van der Waals surface area contributed by atoms with Gasteiger partial charge in [-0.1, -0.05) is 36.4 Å². The molecule has 0 aliphatic rings. The van der Waals surface area contributed by atoms with Gasteiger partial charge in [-0.05, 0) is 23.3 Å². The van der Waals surface area contributed by atoms with E-state index in [0.29, 0.717) is 34.0 Å². The summed E-state index contributed by atoms with van der Waals surface area (Å²) in [5.41, 5.74) is 2.30. The Balaban J connectivity index is 1.77. The van der Waals surface area contributed by atoms with E-state index in [1.807, 2.05) is 53.9 Å². The third-order valence-corrected chi connectivity index (χ3v) is 5.18. The van der Waals surface area contributed by atoms with E-state index in [1.165, 1.54) is 11.3 Å². The summed E-state index contributed by atoms with van der Waals surface area (Å²) in [6, 6.07) is 15.4. The fourth-order valence-electron chi connectivity index (χ4n) is 2.98. The molecule has 2 heterocycles. The lowest BCUT2D eigenvalue weighted by molar-refractivity contribution is 0.355. The first kappa shape index (κ1) is 17.3. The van der Waals surface area contributed by atoms with E-state index < -0.39 is 0 Å². The van der Waals surface area contributed by atoms with E-state index in [-0.39, 0.29) is 5.63 Å². The predicted octanol–water partition coefficient (Wildman–Crippen LogP) is 4.52. The monoisotopic (exact) mass is 379 g/mol. The van der Waals surface area contributed by atoms with Gasteiger partial charge in [0, 0.05) is 17.4 Å². The van der Waals surface area contributed by atoms with Crippen LogP contribution in [0.2, 0.25) is 0 Å². The maximum Gasteiger partial charge on any atom is 0.348 e. The number of rotatable bonds is 5. The number of benzene rings is 2. The first-order valence-electron chi connectivity index (χ1n) is 8.37. The number of aromatic nitrogens is 1. The minimum absolute atomic E-state index is 0.378. The summed E-state index contributed by atoms with van der Waals surface area (Å²) in [4.78, 5) is 17.9. The number of thiophene rings is 1. The van der Waals surface area contributed by atoms with Crippen LogP contribution in [0, 0.1) is 0 Å². The Morgan fingerprint density at radius 1 is 1.04 bits per heavy atom. The lowest BCUT2D eigenvalue weighted by Crippen LogP contribution is -2.05. The number of methoxy groups -OCH3 is 2. The van der Waals surface area contributed by atoms with Gasteiger partial charge in [-0.25, -0.2) is 9.78 Å². The van der Waals surface area contributed by atoms with Gasteiger partial charge >= 0.3 is 5.63 Å². The maximum absolute atomic E-state index is 12.7. The van der Waals surface area contributed by atoms with Crippen LogP contribution >= 0.6 is 11.3 Å². The molecular weight excluding hydrogens is 362 g/mol. The number of hydrogen-bond donors (Lipinski definition) is 0. The highest BCUT2D eigenvalue weighted by Crippen LogP contribution is 2.36. The summed E-state index contributed by atoms with van der Waals surface area (Å²) >= 11 is 1.43. The summed E-state index contributed by atoms with van der Waals surface area (Å²) in [6.07, 6.45) is 0.482. The van der Waals surface area contributed by atoms with Crippen molar-refractivity contribution in [3.8, 4) is 22.6 Å². The molecule has 0 atom stereocenters. The van der Waals surface area contributed by atoms with Crippen LogP contribution in [0.5, 0.6) is 11.5 Å². The van der Waals surface area contributed by atoms with Crippen LogP contribution in [0.15, 0.2) is 63.1 Å². The van der Waals surface area contributed by atoms with Gasteiger partial charge in [0.1, 0.15) is 10.2 Å². The molecule has 4 aromatic rings. The number of nitrogens with zero attached hydrogens (tertiary/aromatic N) is 1. The maximum atomic E-state index is 12.7. The van der Waals surface area contributed by atoms with Crippen LogP contribution in [0.25, 0.3) is 21.3 Å². The number of hydrogen-bond acceptors (Lipinski definition) is 6. The van der Waals surface area contributed by atoms with Crippen LogP contribution in [0.3, 0.4) is 0 Å². The molecule has 0 aliphatic heterocycles. The van der Waals surface area contributed by atoms with Gasteiger partial charge in [-0.2, -0.15) is 0 Å². The van der Waals surface area contributed by atoms with Crippen molar-refractivity contribution in [1.29, 1.82) is 0 Å². The second-order valence-electron chi connectivity index (χ2n) is 5.96. The van der Waals surface area contributed by atoms with Crippen molar-refractivity contribution in [2.45, 2.75) is 6.42 Å². The highest BCUT2D eigenvalue weighted by Gasteiger charge is 2.16. The summed E-state index contributed by atoms with van der Waals surface area (Å²) in [6.45, 7) is 0. The third kappa shape index (κ3) is 3.31. The third-order valence-electron chi connectivity index (χ3n) is 4.31. The molecule has 0 radical (unpaired) electrons. The van der Waals surface area contributed by atoms with Crippen molar-refractivity contribution in [3.05, 3.63) is 75.8 Å². The lowest BCUT2D eigenvalue weighted by Gasteiger charge is -2.09. The number of fused-ring (bicyclic) bond motifs is 1. The molecule has 0 saturated carbocycles. The molecule has 0 N–H and O–H groups in total. The molecule has 0 bridgehead atoms. The van der Waals surface area contributed by atoms with Crippen LogP contribution in [-0.4, -0.2) is 19.2 Å². The molecule has 0 spiro atoms. The highest BCUT2D eigenvalue weighted by atomic mass is 32.1. The quantitative estimate of drug-likeness (QED) is 0.510. The summed E-state index contributed by atoms with van der Waals surface area (Å²) in [5.74, 6) is 1.66. The van der Waals surface area contributed by atoms with E-state index in [2.05, 4.69) is 4.98 Å². The van der Waals surface area contributed by atoms with E-state index in [9.17, 15) is 4.79 Å². The van der Waals surface area contributed by atoms with Gasteiger partial charge in [0.15, 0.2) is 11.5 Å². The van der Waals surface area contributed by atoms with Crippen LogP contribution in [0.4, 0.5) is 0 Å². The van der Waals surface area contributed by atoms with Gasteiger partial charge in [-0.3, -0.25) is 0 Å². The van der Waals surface area contributed by atoms with Crippen molar-refractivity contribution in [2.24, 2.45) is 0 Å². The van der Waals surface area contributed by atoms with Crippen molar-refractivity contribution in [1.82, 2.24) is 4.98 Å². The first-order valence-corrected chi connectivity index (χ1v) is 9.25. The summed E-state index contributed by atoms with van der Waals surface area (Å²) in [7, 11) is 3.17. The zero-order chi connectivity index (χ0) is 18.8. The molecule has 0 amide bonds. The van der Waals surface area contributed by atoms with E-state index in [4.69, 9.17) is 13.9 Å². The summed E-state index contributed by atoms with van der Waals surface area (Å²) in [5, 5.41) is 2.41. The highest BCUT2D eigenvalue weighted by molar-refractivity contribution is 7.17. The standard InChI is InChI=1S/C21H17NO4S/c1-24-16-9-8-14(11-17(16)25-2)15-12-27-20-19(15)21(23)26-18(22-20)10-13-6-4-3-5-7-13/h3-9,11-12H,10H2,1-2H3. The van der Waals surface area contributed by atoms with Gasteiger partial charge in [0.05, 0.1) is 14.2 Å². The van der Waals surface area contributed by atoms with Crippen LogP contribution in [0.1, 0.15) is 11.5 Å². The molecule has 5 nitrogen and oxygen atoms in total. The molecule has 0 unspecified atom stereocenters. The Kier molecular flexibility index (Phi) is 4.64. The van der Waals surface area contributed by atoms with Crippen molar-refractivity contribution in [2.75, 3.05) is 14.2 Å². The normalized spacial score (nSPS) is 10.9. The molecule has 2 aromatic carbocycles. The minimum atomic E-state index is -0.378. The Bertz CT molecular complexity index is 1150. The van der Waals surface area contributed by atoms with Gasteiger partial charge in [-0.15, -0.1) is 11.3 Å². The summed E-state index contributed by atoms with van der Waals surface area (Å²) < 4.78 is 16.1. The molecule has 2 aromatic heterocycles. The second-order valence-corrected chi connectivity index (χ2v) is 6.81. The zero-order valence-electron chi connectivity index (χ0n) is 14.9. The predicted molar refractivity (Wildman–Crippen MR) is 106 cm³/mol. The molecule has 0 aliphatic carbocycles. The van der Waals surface area contributed by atoms with E-state index in [0.717, 1.165) is 16.7 Å². The smallest absolute Gasteiger partial charge is 0.348 e. The van der Waals surface area contributed by atoms with Crippen LogP contribution < -0.4 is 15.1 Å². The largest absolute Gasteiger partial charge is 0.493 e. The average Bonchev–Trinajstić information content (AvgIpc) is 3.12. The Hall–Kier alpha value is -3.12. The number of ether oxygens (including phenoxy) is 2. The first-order chi connectivity index (χ1) is 13.2. The topological polar surface area (TPSA) is 61.6 Å². The van der Waals surface area contributed by atoms with Gasteiger partial charge in [0.25, 0.3) is 0 Å². The molecule has 27 heavy (non-hydrogen) atoms. The molecule has 0 saturated heterocycles. The molecule has 136 valence electrons.